The van der Waals surface area contributed by atoms with Crippen molar-refractivity contribution < 1.29 is 9.53 Å². The molecule has 1 amide bonds. The molecule has 0 unspecified atom stereocenters. The summed E-state index contributed by atoms with van der Waals surface area (Å²) in [7, 11) is 0. The normalized spacial score (nSPS) is 10.1. The number of halogens is 1. The Balaban J connectivity index is 2.44. The number of ether oxygens (including phenoxy) is 1. The van der Waals surface area contributed by atoms with Crippen LogP contribution in [0.1, 0.15) is 17.3 Å². The van der Waals surface area contributed by atoms with E-state index in [0.717, 1.165) is 5.57 Å². The van der Waals surface area contributed by atoms with Gasteiger partial charge >= 0.3 is 0 Å². The average Bonchev–Trinajstić information content (AvgIpc) is 2.27. The van der Waals surface area contributed by atoms with Gasteiger partial charge in [0.25, 0.3) is 5.91 Å². The van der Waals surface area contributed by atoms with Crippen LogP contribution in [0.25, 0.3) is 0 Å². The number of rotatable bonds is 6. The number of nitrogen functional groups attached to an aromatic ring is 1. The Morgan fingerprint density at radius 1 is 1.56 bits per heavy atom. The van der Waals surface area contributed by atoms with Gasteiger partial charge in [0.15, 0.2) is 0 Å². The predicted molar refractivity (Wildman–Crippen MR) is 73.8 cm³/mol. The topological polar surface area (TPSA) is 64.3 Å². The molecular formula is C13H17ClN2O2. The van der Waals surface area contributed by atoms with Crippen LogP contribution in [0.2, 0.25) is 5.02 Å². The third-order valence-electron chi connectivity index (χ3n) is 2.15. The van der Waals surface area contributed by atoms with Crippen LogP contribution in [0.5, 0.6) is 0 Å². The van der Waals surface area contributed by atoms with Crippen LogP contribution in [0, 0.1) is 0 Å². The molecular weight excluding hydrogens is 252 g/mol. The van der Waals surface area contributed by atoms with Gasteiger partial charge in [-0.1, -0.05) is 29.8 Å². The van der Waals surface area contributed by atoms with E-state index in [2.05, 4.69) is 11.9 Å². The van der Waals surface area contributed by atoms with Crippen molar-refractivity contribution in [3.63, 3.8) is 0 Å². The van der Waals surface area contributed by atoms with Crippen molar-refractivity contribution in [1.29, 1.82) is 0 Å². The number of hydrogen-bond acceptors (Lipinski definition) is 3. The molecule has 0 aromatic heterocycles. The Kier molecular flexibility index (Phi) is 5.68. The number of amides is 1. The summed E-state index contributed by atoms with van der Waals surface area (Å²) in [4.78, 5) is 11.8. The smallest absolute Gasteiger partial charge is 0.254 e. The number of hydrogen-bond donors (Lipinski definition) is 2. The second-order valence-electron chi connectivity index (χ2n) is 3.97. The quantitative estimate of drug-likeness (QED) is 0.472. The molecule has 0 aliphatic carbocycles. The van der Waals surface area contributed by atoms with Crippen molar-refractivity contribution in [1.82, 2.24) is 5.32 Å². The molecule has 1 aromatic carbocycles. The maximum Gasteiger partial charge on any atom is 0.254 e. The summed E-state index contributed by atoms with van der Waals surface area (Å²) in [5.41, 5.74) is 7.31. The summed E-state index contributed by atoms with van der Waals surface area (Å²) >= 11 is 5.92. The zero-order valence-corrected chi connectivity index (χ0v) is 11.1. The molecule has 5 heteroatoms. The molecule has 1 aromatic rings. The van der Waals surface area contributed by atoms with Crippen LogP contribution in [0.4, 0.5) is 5.69 Å². The summed E-state index contributed by atoms with van der Waals surface area (Å²) in [6.07, 6.45) is 0. The average molecular weight is 269 g/mol. The summed E-state index contributed by atoms with van der Waals surface area (Å²) in [5.74, 6) is -0.294. The molecule has 0 spiro atoms. The highest BCUT2D eigenvalue weighted by molar-refractivity contribution is 6.34. The molecule has 0 aliphatic rings. The first kappa shape index (κ1) is 14.5. The van der Waals surface area contributed by atoms with E-state index in [1.807, 2.05) is 6.92 Å². The SMILES string of the molecule is C=C(C)COCCNC(=O)c1c(N)cccc1Cl. The van der Waals surface area contributed by atoms with Gasteiger partial charge in [-0.2, -0.15) is 0 Å². The highest BCUT2D eigenvalue weighted by Crippen LogP contribution is 2.21. The maximum absolute atomic E-state index is 11.8. The molecule has 0 saturated carbocycles. The Bertz CT molecular complexity index is 426. The van der Waals surface area contributed by atoms with Crippen molar-refractivity contribution in [3.8, 4) is 0 Å². The van der Waals surface area contributed by atoms with Gasteiger partial charge < -0.3 is 15.8 Å². The zero-order valence-electron chi connectivity index (χ0n) is 10.3. The number of carbonyl (C=O) groups excluding carboxylic acids is 1. The fourth-order valence-electron chi connectivity index (χ4n) is 1.35. The third kappa shape index (κ3) is 4.39. The van der Waals surface area contributed by atoms with E-state index in [1.165, 1.54) is 0 Å². The predicted octanol–water partition coefficient (Wildman–Crippen LogP) is 2.24. The van der Waals surface area contributed by atoms with Crippen molar-refractivity contribution >= 4 is 23.2 Å². The largest absolute Gasteiger partial charge is 0.398 e. The summed E-state index contributed by atoms with van der Waals surface area (Å²) < 4.78 is 5.26. The van der Waals surface area contributed by atoms with Crippen molar-refractivity contribution in [2.75, 3.05) is 25.5 Å². The van der Waals surface area contributed by atoms with Crippen LogP contribution in [-0.2, 0) is 4.74 Å². The number of nitrogens with one attached hydrogen (secondary N) is 1. The van der Waals surface area contributed by atoms with Gasteiger partial charge in [-0.05, 0) is 19.1 Å². The minimum absolute atomic E-state index is 0.294. The first-order chi connectivity index (χ1) is 8.52. The highest BCUT2D eigenvalue weighted by Gasteiger charge is 2.12. The lowest BCUT2D eigenvalue weighted by molar-refractivity contribution is 0.0928. The summed E-state index contributed by atoms with van der Waals surface area (Å²) in [6, 6.07) is 4.97. The van der Waals surface area contributed by atoms with Gasteiger partial charge in [0.1, 0.15) is 0 Å². The molecule has 0 radical (unpaired) electrons. The molecule has 0 heterocycles. The van der Waals surface area contributed by atoms with Gasteiger partial charge in [0, 0.05) is 12.2 Å². The van der Waals surface area contributed by atoms with E-state index in [-0.39, 0.29) is 5.91 Å². The molecule has 1 rings (SSSR count). The molecule has 98 valence electrons. The zero-order chi connectivity index (χ0) is 13.5. The number of nitrogens with two attached hydrogens (primary N) is 1. The van der Waals surface area contributed by atoms with Crippen molar-refractivity contribution in [2.45, 2.75) is 6.92 Å². The fourth-order valence-corrected chi connectivity index (χ4v) is 1.62. The lowest BCUT2D eigenvalue weighted by Gasteiger charge is -2.09. The van der Waals surface area contributed by atoms with Gasteiger partial charge in [-0.25, -0.2) is 0 Å². The highest BCUT2D eigenvalue weighted by atomic mass is 35.5. The van der Waals surface area contributed by atoms with Gasteiger partial charge in [-0.15, -0.1) is 0 Å². The van der Waals surface area contributed by atoms with Crippen LogP contribution in [0.3, 0.4) is 0 Å². The first-order valence-electron chi connectivity index (χ1n) is 5.56. The second-order valence-corrected chi connectivity index (χ2v) is 4.38. The monoisotopic (exact) mass is 268 g/mol. The number of anilines is 1. The summed E-state index contributed by atoms with van der Waals surface area (Å²) in [6.45, 7) is 6.90. The Morgan fingerprint density at radius 3 is 2.89 bits per heavy atom. The van der Waals surface area contributed by atoms with Gasteiger partial charge in [0.2, 0.25) is 0 Å². The van der Waals surface area contributed by atoms with Gasteiger partial charge in [-0.3, -0.25) is 4.79 Å². The Hall–Kier alpha value is -1.52. The first-order valence-corrected chi connectivity index (χ1v) is 5.94. The van der Waals surface area contributed by atoms with Crippen LogP contribution < -0.4 is 11.1 Å². The lowest BCUT2D eigenvalue weighted by Crippen LogP contribution is -2.28. The van der Waals surface area contributed by atoms with E-state index in [4.69, 9.17) is 22.1 Å². The van der Waals surface area contributed by atoms with Crippen molar-refractivity contribution in [3.05, 3.63) is 40.9 Å². The number of carbonyl (C=O) groups is 1. The fraction of sp³-hybridized carbons (Fsp3) is 0.308. The van der Waals surface area contributed by atoms with E-state index < -0.39 is 0 Å². The second kappa shape index (κ2) is 7.03. The van der Waals surface area contributed by atoms with Crippen molar-refractivity contribution in [2.24, 2.45) is 0 Å². The van der Waals surface area contributed by atoms with Crippen LogP contribution in [0.15, 0.2) is 30.4 Å². The molecule has 4 nitrogen and oxygen atoms in total. The molecule has 0 fully saturated rings. The van der Waals surface area contributed by atoms with E-state index in [9.17, 15) is 4.79 Å². The van der Waals surface area contributed by atoms with E-state index in [0.29, 0.717) is 36.0 Å². The van der Waals surface area contributed by atoms with Gasteiger partial charge in [0.05, 0.1) is 23.8 Å². The standard InChI is InChI=1S/C13H17ClN2O2/c1-9(2)8-18-7-6-16-13(17)12-10(14)4-3-5-11(12)15/h3-5H,1,6-8,15H2,2H3,(H,16,17). The minimum Gasteiger partial charge on any atom is -0.398 e. The molecule has 18 heavy (non-hydrogen) atoms. The molecule has 3 N–H and O–H groups in total. The minimum atomic E-state index is -0.294. The van der Waals surface area contributed by atoms with E-state index >= 15 is 0 Å². The molecule has 0 aliphatic heterocycles. The van der Waals surface area contributed by atoms with Crippen LogP contribution >= 0.6 is 11.6 Å². The molecule has 0 atom stereocenters. The number of benzene rings is 1. The third-order valence-corrected chi connectivity index (χ3v) is 2.47. The maximum atomic E-state index is 11.8. The Morgan fingerprint density at radius 2 is 2.28 bits per heavy atom. The molecule has 0 bridgehead atoms. The van der Waals surface area contributed by atoms with Crippen LogP contribution in [-0.4, -0.2) is 25.7 Å². The molecule has 0 saturated heterocycles. The van der Waals surface area contributed by atoms with E-state index in [1.54, 1.807) is 18.2 Å². The lowest BCUT2D eigenvalue weighted by atomic mass is 10.1. The summed E-state index contributed by atoms with van der Waals surface area (Å²) in [5, 5.41) is 3.04. The Labute approximate surface area is 112 Å².